The molecule has 1 heterocycles. The summed E-state index contributed by atoms with van der Waals surface area (Å²) in [7, 11) is 0. The summed E-state index contributed by atoms with van der Waals surface area (Å²) in [5, 5.41) is 3.39. The van der Waals surface area contributed by atoms with Crippen molar-refractivity contribution in [3.8, 4) is 0 Å². The van der Waals surface area contributed by atoms with E-state index in [2.05, 4.69) is 28.3 Å². The van der Waals surface area contributed by atoms with Gasteiger partial charge in [-0.1, -0.05) is 24.3 Å². The molecule has 0 saturated carbocycles. The SMILES string of the molecule is C=CCN(CC=C)C(CN1CCNCC1)c1ccc(F)c(C)c1. The normalized spacial score (nSPS) is 17.2. The summed E-state index contributed by atoms with van der Waals surface area (Å²) in [5.74, 6) is -0.145. The number of hydrogen-bond donors (Lipinski definition) is 1. The number of rotatable bonds is 8. The molecule has 3 nitrogen and oxygen atoms in total. The second kappa shape index (κ2) is 8.96. The van der Waals surface area contributed by atoms with E-state index in [-0.39, 0.29) is 11.9 Å². The lowest BCUT2D eigenvalue weighted by atomic mass is 10.0. The van der Waals surface area contributed by atoms with Crippen LogP contribution in [-0.4, -0.2) is 55.6 Å². The lowest BCUT2D eigenvalue weighted by molar-refractivity contribution is 0.148. The first-order valence-electron chi connectivity index (χ1n) is 8.30. The molecule has 2 rings (SSSR count). The first kappa shape index (κ1) is 17.9. The zero-order valence-corrected chi connectivity index (χ0v) is 14.1. The molecule has 0 spiro atoms. The fourth-order valence-electron chi connectivity index (χ4n) is 3.11. The number of hydrogen-bond acceptors (Lipinski definition) is 3. The van der Waals surface area contributed by atoms with Gasteiger partial charge in [-0.2, -0.15) is 0 Å². The van der Waals surface area contributed by atoms with Crippen LogP contribution < -0.4 is 5.32 Å². The smallest absolute Gasteiger partial charge is 0.126 e. The van der Waals surface area contributed by atoms with E-state index in [9.17, 15) is 4.39 Å². The molecule has 1 aliphatic rings. The molecule has 126 valence electrons. The second-order valence-electron chi connectivity index (χ2n) is 6.11. The molecule has 1 atom stereocenters. The van der Waals surface area contributed by atoms with Gasteiger partial charge in [-0.25, -0.2) is 4.39 Å². The van der Waals surface area contributed by atoms with Gasteiger partial charge >= 0.3 is 0 Å². The van der Waals surface area contributed by atoms with E-state index in [1.165, 1.54) is 0 Å². The van der Waals surface area contributed by atoms with Crippen molar-refractivity contribution >= 4 is 0 Å². The van der Waals surface area contributed by atoms with E-state index in [1.807, 2.05) is 31.2 Å². The Labute approximate surface area is 139 Å². The van der Waals surface area contributed by atoms with Crippen LogP contribution in [0.15, 0.2) is 43.5 Å². The van der Waals surface area contributed by atoms with Crippen LogP contribution in [0.3, 0.4) is 0 Å². The Morgan fingerprint density at radius 1 is 1.26 bits per heavy atom. The predicted molar refractivity (Wildman–Crippen MR) is 95.2 cm³/mol. The van der Waals surface area contributed by atoms with Gasteiger partial charge in [0, 0.05) is 51.9 Å². The number of benzene rings is 1. The van der Waals surface area contributed by atoms with Crippen molar-refractivity contribution in [3.63, 3.8) is 0 Å². The molecule has 23 heavy (non-hydrogen) atoms. The van der Waals surface area contributed by atoms with Crippen molar-refractivity contribution < 1.29 is 4.39 Å². The topological polar surface area (TPSA) is 18.5 Å². The Hall–Kier alpha value is -1.49. The molecule has 0 bridgehead atoms. The summed E-state index contributed by atoms with van der Waals surface area (Å²) in [6.45, 7) is 16.2. The lowest BCUT2D eigenvalue weighted by Crippen LogP contribution is -2.47. The zero-order chi connectivity index (χ0) is 16.7. The third-order valence-electron chi connectivity index (χ3n) is 4.38. The van der Waals surface area contributed by atoms with E-state index < -0.39 is 0 Å². The molecular weight excluding hydrogens is 289 g/mol. The summed E-state index contributed by atoms with van der Waals surface area (Å²) < 4.78 is 13.7. The molecule has 4 heteroatoms. The van der Waals surface area contributed by atoms with Crippen LogP contribution in [0, 0.1) is 12.7 Å². The Morgan fingerprint density at radius 2 is 1.91 bits per heavy atom. The van der Waals surface area contributed by atoms with E-state index in [0.29, 0.717) is 5.56 Å². The van der Waals surface area contributed by atoms with Gasteiger partial charge in [0.2, 0.25) is 0 Å². The maximum atomic E-state index is 13.7. The summed E-state index contributed by atoms with van der Waals surface area (Å²) in [4.78, 5) is 4.81. The lowest BCUT2D eigenvalue weighted by Gasteiger charge is -2.36. The van der Waals surface area contributed by atoms with E-state index in [1.54, 1.807) is 6.07 Å². The molecule has 1 fully saturated rings. The Bertz CT molecular complexity index is 513. The van der Waals surface area contributed by atoms with Crippen LogP contribution >= 0.6 is 0 Å². The molecule has 1 N–H and O–H groups in total. The van der Waals surface area contributed by atoms with Crippen LogP contribution in [0.25, 0.3) is 0 Å². The van der Waals surface area contributed by atoms with Crippen LogP contribution in [0.1, 0.15) is 17.2 Å². The summed E-state index contributed by atoms with van der Waals surface area (Å²) >= 11 is 0. The number of halogens is 1. The van der Waals surface area contributed by atoms with Crippen molar-refractivity contribution in [2.24, 2.45) is 0 Å². The minimum atomic E-state index is -0.145. The highest BCUT2D eigenvalue weighted by atomic mass is 19.1. The number of piperazine rings is 1. The van der Waals surface area contributed by atoms with Gasteiger partial charge in [0.1, 0.15) is 5.82 Å². The monoisotopic (exact) mass is 317 g/mol. The minimum Gasteiger partial charge on any atom is -0.314 e. The molecule has 1 aliphatic heterocycles. The maximum Gasteiger partial charge on any atom is 0.126 e. The van der Waals surface area contributed by atoms with E-state index >= 15 is 0 Å². The molecule has 0 aliphatic carbocycles. The third-order valence-corrected chi connectivity index (χ3v) is 4.38. The molecule has 1 aromatic carbocycles. The largest absolute Gasteiger partial charge is 0.314 e. The first-order chi connectivity index (χ1) is 11.2. The van der Waals surface area contributed by atoms with E-state index in [0.717, 1.165) is 51.4 Å². The highest BCUT2D eigenvalue weighted by molar-refractivity contribution is 5.27. The summed E-state index contributed by atoms with van der Waals surface area (Å²) in [5.41, 5.74) is 1.86. The standard InChI is InChI=1S/C19H28FN3/c1-4-10-23(11-5-2)19(15-22-12-8-21-9-13-22)17-6-7-18(20)16(3)14-17/h4-7,14,19,21H,1-2,8-13,15H2,3H3. The molecule has 0 aromatic heterocycles. The van der Waals surface area contributed by atoms with Gasteiger partial charge in [-0.3, -0.25) is 9.80 Å². The fraction of sp³-hybridized carbons (Fsp3) is 0.474. The predicted octanol–water partition coefficient (Wildman–Crippen LogP) is 2.75. The van der Waals surface area contributed by atoms with Gasteiger partial charge in [-0.05, 0) is 24.1 Å². The van der Waals surface area contributed by atoms with Crippen molar-refractivity contribution in [3.05, 3.63) is 60.5 Å². The van der Waals surface area contributed by atoms with Gasteiger partial charge in [0.15, 0.2) is 0 Å². The van der Waals surface area contributed by atoms with Crippen LogP contribution in [0.4, 0.5) is 4.39 Å². The van der Waals surface area contributed by atoms with Crippen molar-refractivity contribution in [1.29, 1.82) is 0 Å². The van der Waals surface area contributed by atoms with Crippen LogP contribution in [0.2, 0.25) is 0 Å². The second-order valence-corrected chi connectivity index (χ2v) is 6.11. The average Bonchev–Trinajstić information content (AvgIpc) is 2.56. The Balaban J connectivity index is 2.25. The van der Waals surface area contributed by atoms with Crippen LogP contribution in [-0.2, 0) is 0 Å². The van der Waals surface area contributed by atoms with Gasteiger partial charge < -0.3 is 5.32 Å². The highest BCUT2D eigenvalue weighted by Crippen LogP contribution is 2.24. The fourth-order valence-corrected chi connectivity index (χ4v) is 3.11. The van der Waals surface area contributed by atoms with Gasteiger partial charge in [0.25, 0.3) is 0 Å². The number of nitrogens with zero attached hydrogens (tertiary/aromatic N) is 2. The number of aryl methyl sites for hydroxylation is 1. The van der Waals surface area contributed by atoms with Gasteiger partial charge in [-0.15, -0.1) is 13.2 Å². The number of nitrogens with one attached hydrogen (secondary N) is 1. The molecule has 0 amide bonds. The molecule has 1 unspecified atom stereocenters. The third kappa shape index (κ3) is 4.99. The highest BCUT2D eigenvalue weighted by Gasteiger charge is 2.23. The van der Waals surface area contributed by atoms with Crippen molar-refractivity contribution in [2.45, 2.75) is 13.0 Å². The molecule has 0 radical (unpaired) electrons. The summed E-state index contributed by atoms with van der Waals surface area (Å²) in [6, 6.07) is 5.67. The van der Waals surface area contributed by atoms with Crippen molar-refractivity contribution in [2.75, 3.05) is 45.8 Å². The van der Waals surface area contributed by atoms with Gasteiger partial charge in [0.05, 0.1) is 0 Å². The molecular formula is C19H28FN3. The Morgan fingerprint density at radius 3 is 2.48 bits per heavy atom. The first-order valence-corrected chi connectivity index (χ1v) is 8.30. The zero-order valence-electron chi connectivity index (χ0n) is 14.1. The quantitative estimate of drug-likeness (QED) is 0.744. The molecule has 1 saturated heterocycles. The Kier molecular flexibility index (Phi) is 6.96. The van der Waals surface area contributed by atoms with Crippen LogP contribution in [0.5, 0.6) is 0 Å². The average molecular weight is 317 g/mol. The van der Waals surface area contributed by atoms with E-state index in [4.69, 9.17) is 0 Å². The minimum absolute atomic E-state index is 0.145. The van der Waals surface area contributed by atoms with Crippen molar-refractivity contribution in [1.82, 2.24) is 15.1 Å². The maximum absolute atomic E-state index is 13.7. The summed E-state index contributed by atoms with van der Waals surface area (Å²) in [6.07, 6.45) is 3.84. The molecule has 1 aromatic rings.